The smallest absolute Gasteiger partial charge is 0.265 e. The van der Waals surface area contributed by atoms with E-state index < -0.39 is 10.0 Å². The van der Waals surface area contributed by atoms with Crippen LogP contribution in [0.4, 0.5) is 11.4 Å². The fraction of sp³-hybridized carbons (Fsp3) is 0.211. The molecule has 0 fully saturated rings. The maximum absolute atomic E-state index is 12.5. The third-order valence-corrected chi connectivity index (χ3v) is 6.39. The van der Waals surface area contributed by atoms with Crippen molar-refractivity contribution in [3.63, 3.8) is 0 Å². The normalized spacial score (nSPS) is 11.5. The molecule has 2 aromatic carbocycles. The van der Waals surface area contributed by atoms with Gasteiger partial charge in [-0.25, -0.2) is 8.42 Å². The molecule has 0 saturated carbocycles. The molecular formula is C19H20N2O3S2. The highest BCUT2D eigenvalue weighted by Gasteiger charge is 2.17. The van der Waals surface area contributed by atoms with Crippen LogP contribution in [0.15, 0.2) is 48.5 Å². The van der Waals surface area contributed by atoms with Gasteiger partial charge in [-0.3, -0.25) is 9.10 Å². The standard InChI is InChI=1S/C19H20N2O3S2/c1-4-21(26(3,23)24)16-9-10-17-14(11-16)12-18(25-17)19(22)20-15-7-5-13(2)6-8-15/h5-12H,4H2,1-3H3,(H,20,22). The molecule has 136 valence electrons. The van der Waals surface area contributed by atoms with Gasteiger partial charge in [0.15, 0.2) is 0 Å². The van der Waals surface area contributed by atoms with Crippen LogP contribution < -0.4 is 9.62 Å². The Labute approximate surface area is 157 Å². The zero-order valence-electron chi connectivity index (χ0n) is 14.8. The number of amides is 1. The summed E-state index contributed by atoms with van der Waals surface area (Å²) in [4.78, 5) is 13.1. The largest absolute Gasteiger partial charge is 0.321 e. The van der Waals surface area contributed by atoms with Crippen molar-refractivity contribution in [2.75, 3.05) is 22.4 Å². The SMILES string of the molecule is CCN(c1ccc2sc(C(=O)Nc3ccc(C)cc3)cc2c1)S(C)(=O)=O. The van der Waals surface area contributed by atoms with Crippen molar-refractivity contribution in [1.29, 1.82) is 0 Å². The zero-order chi connectivity index (χ0) is 18.9. The molecule has 0 unspecified atom stereocenters. The van der Waals surface area contributed by atoms with Gasteiger partial charge in [-0.05, 0) is 55.6 Å². The lowest BCUT2D eigenvalue weighted by Gasteiger charge is -2.20. The summed E-state index contributed by atoms with van der Waals surface area (Å²) in [6.45, 7) is 4.14. The zero-order valence-corrected chi connectivity index (χ0v) is 16.4. The van der Waals surface area contributed by atoms with E-state index in [4.69, 9.17) is 0 Å². The number of nitrogens with zero attached hydrogens (tertiary/aromatic N) is 1. The third kappa shape index (κ3) is 3.89. The molecule has 0 bridgehead atoms. The van der Waals surface area contributed by atoms with Crippen molar-refractivity contribution in [3.05, 3.63) is 59.0 Å². The Kier molecular flexibility index (Phi) is 5.02. The summed E-state index contributed by atoms with van der Waals surface area (Å²) in [6, 6.07) is 14.8. The second kappa shape index (κ2) is 7.09. The van der Waals surface area contributed by atoms with Crippen molar-refractivity contribution in [1.82, 2.24) is 0 Å². The fourth-order valence-electron chi connectivity index (χ4n) is 2.74. The van der Waals surface area contributed by atoms with Crippen molar-refractivity contribution in [3.8, 4) is 0 Å². The monoisotopic (exact) mass is 388 g/mol. The van der Waals surface area contributed by atoms with Crippen LogP contribution in [0.25, 0.3) is 10.1 Å². The number of rotatable bonds is 5. The number of fused-ring (bicyclic) bond motifs is 1. The molecule has 3 aromatic rings. The number of carbonyl (C=O) groups is 1. The molecule has 0 atom stereocenters. The lowest BCUT2D eigenvalue weighted by molar-refractivity contribution is 0.103. The first-order valence-electron chi connectivity index (χ1n) is 8.17. The minimum Gasteiger partial charge on any atom is -0.321 e. The highest BCUT2D eigenvalue weighted by molar-refractivity contribution is 7.92. The Hall–Kier alpha value is -2.38. The van der Waals surface area contributed by atoms with E-state index >= 15 is 0 Å². The van der Waals surface area contributed by atoms with E-state index in [1.807, 2.05) is 37.3 Å². The first-order valence-corrected chi connectivity index (χ1v) is 10.8. The van der Waals surface area contributed by atoms with E-state index in [9.17, 15) is 13.2 Å². The van der Waals surface area contributed by atoms with Crippen LogP contribution in [0.3, 0.4) is 0 Å². The van der Waals surface area contributed by atoms with Gasteiger partial charge in [0, 0.05) is 16.9 Å². The molecule has 1 aromatic heterocycles. The molecule has 1 N–H and O–H groups in total. The first-order chi connectivity index (χ1) is 12.3. The van der Waals surface area contributed by atoms with Crippen LogP contribution in [-0.4, -0.2) is 27.1 Å². The lowest BCUT2D eigenvalue weighted by Crippen LogP contribution is -2.29. The van der Waals surface area contributed by atoms with Gasteiger partial charge in [0.2, 0.25) is 10.0 Å². The number of sulfonamides is 1. The minimum absolute atomic E-state index is 0.174. The van der Waals surface area contributed by atoms with Gasteiger partial charge in [0.1, 0.15) is 0 Å². The summed E-state index contributed by atoms with van der Waals surface area (Å²) in [6.07, 6.45) is 1.19. The van der Waals surface area contributed by atoms with Crippen molar-refractivity contribution >= 4 is 48.7 Å². The molecule has 5 nitrogen and oxygen atoms in total. The molecule has 7 heteroatoms. The van der Waals surface area contributed by atoms with E-state index in [0.717, 1.165) is 21.3 Å². The second-order valence-corrected chi connectivity index (χ2v) is 9.07. The van der Waals surface area contributed by atoms with Crippen LogP contribution in [0.5, 0.6) is 0 Å². The van der Waals surface area contributed by atoms with Crippen LogP contribution in [0.2, 0.25) is 0 Å². The topological polar surface area (TPSA) is 66.5 Å². The van der Waals surface area contributed by atoms with Crippen LogP contribution >= 0.6 is 11.3 Å². The molecule has 0 saturated heterocycles. The van der Waals surface area contributed by atoms with E-state index in [1.54, 1.807) is 25.1 Å². The predicted octanol–water partition coefficient (Wildman–Crippen LogP) is 4.25. The third-order valence-electron chi connectivity index (χ3n) is 4.01. The minimum atomic E-state index is -3.33. The summed E-state index contributed by atoms with van der Waals surface area (Å²) in [5.74, 6) is -0.174. The average molecular weight is 389 g/mol. The van der Waals surface area contributed by atoms with E-state index in [2.05, 4.69) is 5.32 Å². The maximum Gasteiger partial charge on any atom is 0.265 e. The summed E-state index contributed by atoms with van der Waals surface area (Å²) < 4.78 is 26.1. The van der Waals surface area contributed by atoms with Gasteiger partial charge in [-0.1, -0.05) is 17.7 Å². The first kappa shape index (κ1) is 18.4. The van der Waals surface area contributed by atoms with E-state index in [0.29, 0.717) is 17.1 Å². The molecule has 0 aliphatic carbocycles. The highest BCUT2D eigenvalue weighted by Crippen LogP contribution is 2.30. The predicted molar refractivity (Wildman–Crippen MR) is 109 cm³/mol. The Morgan fingerprint density at radius 2 is 1.81 bits per heavy atom. The van der Waals surface area contributed by atoms with Gasteiger partial charge in [0.05, 0.1) is 16.8 Å². The van der Waals surface area contributed by atoms with Gasteiger partial charge < -0.3 is 5.32 Å². The molecule has 0 aliphatic heterocycles. The van der Waals surface area contributed by atoms with Crippen LogP contribution in [0.1, 0.15) is 22.2 Å². The lowest BCUT2D eigenvalue weighted by atomic mass is 10.2. The van der Waals surface area contributed by atoms with Gasteiger partial charge in [-0.15, -0.1) is 11.3 Å². The number of anilines is 2. The van der Waals surface area contributed by atoms with E-state index in [1.165, 1.54) is 21.9 Å². The molecule has 0 radical (unpaired) electrons. The Morgan fingerprint density at radius 3 is 2.42 bits per heavy atom. The van der Waals surface area contributed by atoms with Gasteiger partial charge in [0.25, 0.3) is 5.91 Å². The second-order valence-electron chi connectivity index (χ2n) is 6.08. The number of thiophene rings is 1. The molecular weight excluding hydrogens is 368 g/mol. The average Bonchev–Trinajstić information content (AvgIpc) is 3.00. The van der Waals surface area contributed by atoms with Gasteiger partial charge in [-0.2, -0.15) is 0 Å². The summed E-state index contributed by atoms with van der Waals surface area (Å²) in [5, 5.41) is 3.73. The molecule has 0 aliphatic rings. The summed E-state index contributed by atoms with van der Waals surface area (Å²) in [5.41, 5.74) is 2.47. The van der Waals surface area contributed by atoms with Gasteiger partial charge >= 0.3 is 0 Å². The molecule has 1 amide bonds. The van der Waals surface area contributed by atoms with E-state index in [-0.39, 0.29) is 5.91 Å². The fourth-order valence-corrected chi connectivity index (χ4v) is 4.64. The number of hydrogen-bond acceptors (Lipinski definition) is 4. The Bertz CT molecular complexity index is 1050. The molecule has 3 rings (SSSR count). The Morgan fingerprint density at radius 1 is 1.12 bits per heavy atom. The number of hydrogen-bond donors (Lipinski definition) is 1. The number of carbonyl (C=O) groups excluding carboxylic acids is 1. The van der Waals surface area contributed by atoms with Crippen LogP contribution in [0, 0.1) is 6.92 Å². The highest BCUT2D eigenvalue weighted by atomic mass is 32.2. The quantitative estimate of drug-likeness (QED) is 0.711. The number of benzene rings is 2. The van der Waals surface area contributed by atoms with Crippen molar-refractivity contribution < 1.29 is 13.2 Å². The number of nitrogens with one attached hydrogen (secondary N) is 1. The Balaban J connectivity index is 1.89. The molecule has 0 spiro atoms. The van der Waals surface area contributed by atoms with Crippen molar-refractivity contribution in [2.45, 2.75) is 13.8 Å². The summed E-state index contributed by atoms with van der Waals surface area (Å²) >= 11 is 1.38. The molecule has 1 heterocycles. The number of aryl methyl sites for hydroxylation is 1. The van der Waals surface area contributed by atoms with Crippen LogP contribution in [-0.2, 0) is 10.0 Å². The summed E-state index contributed by atoms with van der Waals surface area (Å²) in [7, 11) is -3.33. The van der Waals surface area contributed by atoms with Crippen molar-refractivity contribution in [2.24, 2.45) is 0 Å². The molecule has 26 heavy (non-hydrogen) atoms. The maximum atomic E-state index is 12.5.